The molecule has 258 valence electrons. The Labute approximate surface area is 278 Å². The van der Waals surface area contributed by atoms with Gasteiger partial charge in [0.15, 0.2) is 0 Å². The van der Waals surface area contributed by atoms with Crippen LogP contribution in [-0.4, -0.2) is 53.1 Å². The molecule has 0 aliphatic heterocycles. The number of carbonyl (C=O) groups excluding carboxylic acids is 2. The second-order valence-electron chi connectivity index (χ2n) is 11.5. The van der Waals surface area contributed by atoms with Gasteiger partial charge in [-0.05, 0) is 54.7 Å². The normalized spacial score (nSPS) is 17.6. The number of nitrogens with one attached hydrogen (secondary N) is 3. The number of alkyl halides is 4. The average Bonchev–Trinajstić information content (AvgIpc) is 3.03. The molecule has 0 radical (unpaired) electrons. The lowest BCUT2D eigenvalue weighted by atomic mass is 9.80. The van der Waals surface area contributed by atoms with E-state index in [1.165, 1.54) is 18.3 Å². The molecule has 0 unspecified atom stereocenters. The van der Waals surface area contributed by atoms with Crippen molar-refractivity contribution in [2.24, 2.45) is 5.92 Å². The molecule has 1 fully saturated rings. The fourth-order valence-corrected chi connectivity index (χ4v) is 5.83. The van der Waals surface area contributed by atoms with Crippen LogP contribution in [-0.2, 0) is 21.5 Å². The van der Waals surface area contributed by atoms with Crippen molar-refractivity contribution in [3.8, 4) is 5.75 Å². The number of urea groups is 1. The fraction of sp³-hybridized carbons (Fsp3) is 0.394. The zero-order chi connectivity index (χ0) is 34.9. The Morgan fingerprint density at radius 2 is 1.77 bits per heavy atom. The Bertz CT molecular complexity index is 1570. The lowest BCUT2D eigenvalue weighted by Gasteiger charge is -2.37. The first-order valence-electron chi connectivity index (χ1n) is 15.2. The fourth-order valence-electron chi connectivity index (χ4n) is 5.72. The number of carbonyl (C=O) groups is 3. The first kappa shape index (κ1) is 36.4. The molecule has 2 aromatic carbocycles. The lowest BCUT2D eigenvalue weighted by molar-refractivity contribution is -0.253. The van der Waals surface area contributed by atoms with Gasteiger partial charge >= 0.3 is 24.5 Å². The molecule has 3 amide bonds. The van der Waals surface area contributed by atoms with Crippen LogP contribution in [0.3, 0.4) is 0 Å². The Balaban J connectivity index is 1.73. The quantitative estimate of drug-likeness (QED) is 0.114. The second-order valence-corrected chi connectivity index (χ2v) is 11.9. The number of amides is 3. The summed E-state index contributed by atoms with van der Waals surface area (Å²) in [5, 5.41) is 17.5. The number of rotatable bonds is 14. The number of halogens is 6. The molecule has 1 aromatic heterocycles. The van der Waals surface area contributed by atoms with Crippen molar-refractivity contribution in [1.29, 1.82) is 0 Å². The predicted octanol–water partition coefficient (Wildman–Crippen LogP) is 6.44. The minimum absolute atomic E-state index is 0.0967. The molecule has 0 saturated heterocycles. The van der Waals surface area contributed by atoms with E-state index in [0.29, 0.717) is 30.9 Å². The average molecular weight is 697 g/mol. The maximum absolute atomic E-state index is 15.1. The van der Waals surface area contributed by atoms with Crippen LogP contribution < -0.4 is 20.7 Å². The van der Waals surface area contributed by atoms with E-state index in [9.17, 15) is 31.9 Å². The number of carboxylic acids is 1. The summed E-state index contributed by atoms with van der Waals surface area (Å²) in [5.41, 5.74) is -1.29. The van der Waals surface area contributed by atoms with Crippen LogP contribution in [0, 0.1) is 11.7 Å². The van der Waals surface area contributed by atoms with Crippen LogP contribution in [0.4, 0.5) is 26.7 Å². The highest BCUT2D eigenvalue weighted by molar-refractivity contribution is 6.30. The highest BCUT2D eigenvalue weighted by Crippen LogP contribution is 2.37. The summed E-state index contributed by atoms with van der Waals surface area (Å²) in [7, 11) is 0. The molecule has 0 bridgehead atoms. The Morgan fingerprint density at radius 3 is 2.44 bits per heavy atom. The highest BCUT2D eigenvalue weighted by Gasteiger charge is 2.45. The van der Waals surface area contributed by atoms with Crippen LogP contribution in [0.5, 0.6) is 5.75 Å². The van der Waals surface area contributed by atoms with E-state index < -0.39 is 53.6 Å². The van der Waals surface area contributed by atoms with Crippen molar-refractivity contribution in [3.05, 3.63) is 94.5 Å². The molecule has 4 rings (SSSR count). The van der Waals surface area contributed by atoms with Gasteiger partial charge in [0.25, 0.3) is 0 Å². The summed E-state index contributed by atoms with van der Waals surface area (Å²) in [6, 6.07) is 12.4. The molecule has 3 aromatic rings. The summed E-state index contributed by atoms with van der Waals surface area (Å²) in [6.45, 7) is 0.136. The number of hydrogen-bond acceptors (Lipinski definition) is 5. The largest absolute Gasteiger partial charge is 0.481 e. The molecule has 9 nitrogen and oxygen atoms in total. The zero-order valence-corrected chi connectivity index (χ0v) is 26.3. The third-order valence-corrected chi connectivity index (χ3v) is 8.19. The Hall–Kier alpha value is -4.46. The van der Waals surface area contributed by atoms with Crippen molar-refractivity contribution in [2.45, 2.75) is 69.1 Å². The Kier molecular flexibility index (Phi) is 12.2. The first-order valence-corrected chi connectivity index (χ1v) is 15.6. The van der Waals surface area contributed by atoms with Crippen LogP contribution in [0.1, 0.15) is 55.3 Å². The molecule has 3 atom stereocenters. The number of aromatic nitrogens is 1. The third kappa shape index (κ3) is 9.55. The number of pyridine rings is 1. The molecular weight excluding hydrogens is 663 g/mol. The molecule has 48 heavy (non-hydrogen) atoms. The molecule has 4 N–H and O–H groups in total. The van der Waals surface area contributed by atoms with Crippen molar-refractivity contribution >= 4 is 29.5 Å². The van der Waals surface area contributed by atoms with E-state index in [0.717, 1.165) is 18.6 Å². The first-order chi connectivity index (χ1) is 22.8. The van der Waals surface area contributed by atoms with E-state index in [1.54, 1.807) is 30.3 Å². The van der Waals surface area contributed by atoms with E-state index >= 15 is 4.39 Å². The van der Waals surface area contributed by atoms with Gasteiger partial charge in [0, 0.05) is 37.7 Å². The molecule has 0 spiro atoms. The van der Waals surface area contributed by atoms with Gasteiger partial charge in [0.1, 0.15) is 17.1 Å². The highest BCUT2D eigenvalue weighted by atomic mass is 35.5. The van der Waals surface area contributed by atoms with Crippen LogP contribution in [0.15, 0.2) is 66.9 Å². The van der Waals surface area contributed by atoms with Crippen molar-refractivity contribution in [1.82, 2.24) is 20.9 Å². The minimum Gasteiger partial charge on any atom is -0.481 e. The minimum atomic E-state index is -4.94. The van der Waals surface area contributed by atoms with E-state index in [2.05, 4.69) is 25.7 Å². The van der Waals surface area contributed by atoms with Gasteiger partial charge in [0.2, 0.25) is 5.91 Å². The van der Waals surface area contributed by atoms with Crippen LogP contribution in [0.25, 0.3) is 0 Å². The van der Waals surface area contributed by atoms with Gasteiger partial charge in [-0.25, -0.2) is 9.18 Å². The summed E-state index contributed by atoms with van der Waals surface area (Å²) in [4.78, 5) is 42.2. The third-order valence-electron chi connectivity index (χ3n) is 7.96. The van der Waals surface area contributed by atoms with Gasteiger partial charge < -0.3 is 25.8 Å². The van der Waals surface area contributed by atoms with Gasteiger partial charge in [-0.3, -0.25) is 14.6 Å². The Morgan fingerprint density at radius 1 is 1.04 bits per heavy atom. The van der Waals surface area contributed by atoms with Crippen LogP contribution in [0.2, 0.25) is 5.02 Å². The molecule has 15 heteroatoms. The number of hydrogen-bond donors (Lipinski definition) is 4. The smallest absolute Gasteiger partial charge is 0.461 e. The molecule has 1 saturated carbocycles. The SMILES string of the molecule is O=C(O)CCCNC(=O)[C@H]1CCCC[C@H]1NC(=O)N[C@@](Cc1ccccc1)(c1cc(F)cc(OC(F)(F)C(F)F)c1)c1ccc(Cl)cn1. The lowest BCUT2D eigenvalue weighted by Crippen LogP contribution is -2.57. The van der Waals surface area contributed by atoms with Gasteiger partial charge in [0.05, 0.1) is 16.6 Å². The second kappa shape index (κ2) is 16.1. The number of aliphatic carboxylic acids is 1. The molecule has 1 aliphatic rings. The summed E-state index contributed by atoms with van der Waals surface area (Å²) in [6.07, 6.45) is -5.60. The van der Waals surface area contributed by atoms with Crippen molar-refractivity contribution in [3.63, 3.8) is 0 Å². The maximum Gasteiger partial charge on any atom is 0.461 e. The maximum atomic E-state index is 15.1. The van der Waals surface area contributed by atoms with Gasteiger partial charge in [-0.1, -0.05) is 54.8 Å². The monoisotopic (exact) mass is 696 g/mol. The number of nitrogens with zero attached hydrogens (tertiary/aromatic N) is 1. The van der Waals surface area contributed by atoms with Crippen LogP contribution >= 0.6 is 11.6 Å². The zero-order valence-electron chi connectivity index (χ0n) is 25.5. The number of ether oxygens (including phenoxy) is 1. The molecule has 1 aliphatic carbocycles. The van der Waals surface area contributed by atoms with E-state index in [4.69, 9.17) is 16.7 Å². The molecule has 1 heterocycles. The number of carboxylic acid groups (broad SMARTS) is 1. The predicted molar refractivity (Wildman–Crippen MR) is 165 cm³/mol. The summed E-state index contributed by atoms with van der Waals surface area (Å²) >= 11 is 6.10. The summed E-state index contributed by atoms with van der Waals surface area (Å²) in [5.74, 6) is -4.03. The van der Waals surface area contributed by atoms with Crippen molar-refractivity contribution < 1.29 is 46.2 Å². The summed E-state index contributed by atoms with van der Waals surface area (Å²) < 4.78 is 73.3. The van der Waals surface area contributed by atoms with Gasteiger partial charge in [-0.2, -0.15) is 17.6 Å². The van der Waals surface area contributed by atoms with E-state index in [-0.39, 0.29) is 48.0 Å². The molecular formula is C33H34ClF5N4O5. The van der Waals surface area contributed by atoms with E-state index in [1.807, 2.05) is 0 Å². The van der Waals surface area contributed by atoms with Crippen molar-refractivity contribution in [2.75, 3.05) is 6.54 Å². The standard InChI is InChI=1S/C33H34ClF5N4O5/c34-22-12-13-27(41-19-22)32(18-20-7-2-1-3-8-20,21-15-23(35)17-24(16-21)48-33(38,39)30(36)37)43-31(47)42-26-10-5-4-9-25(26)29(46)40-14-6-11-28(44)45/h1-3,7-8,12-13,15-17,19,25-26,30H,4-6,9-11,14,18H2,(H,40,46)(H,44,45)(H2,42,43,47)/t25-,26+,32-/m0/s1. The van der Waals surface area contributed by atoms with Gasteiger partial charge in [-0.15, -0.1) is 0 Å². The topological polar surface area (TPSA) is 130 Å². The number of benzene rings is 2.